The normalized spacial score (nSPS) is 12.5. The summed E-state index contributed by atoms with van der Waals surface area (Å²) >= 11 is 0. The second-order valence-corrected chi connectivity index (χ2v) is 18.8. The van der Waals surface area contributed by atoms with Crippen molar-refractivity contribution in [3.63, 3.8) is 0 Å². The van der Waals surface area contributed by atoms with Crippen molar-refractivity contribution >= 4 is 17.9 Å². The van der Waals surface area contributed by atoms with Crippen molar-refractivity contribution in [3.8, 4) is 0 Å². The third-order valence-electron chi connectivity index (χ3n) is 12.2. The van der Waals surface area contributed by atoms with Crippen LogP contribution in [0.3, 0.4) is 0 Å². The number of carbonyl (C=O) groups is 3. The SMILES string of the molecule is CC/C=C\C/C=C\C/C=C\CCCCCCCC(=O)O[C@H](COC(=O)CCCCCCC/C=C\CCCCCCC)COC(=O)CCCCCCCCC/C=C\CCCCCCCCCC. The summed E-state index contributed by atoms with van der Waals surface area (Å²) in [7, 11) is 0. The number of ether oxygens (including phenoxy) is 3. The fourth-order valence-electron chi connectivity index (χ4n) is 7.98. The molecule has 0 aromatic carbocycles. The highest BCUT2D eigenvalue weighted by Crippen LogP contribution is 2.15. The summed E-state index contributed by atoms with van der Waals surface area (Å²) in [6, 6.07) is 0. The summed E-state index contributed by atoms with van der Waals surface area (Å²) in [5.41, 5.74) is 0. The number of hydrogen-bond acceptors (Lipinski definition) is 6. The Morgan fingerprint density at radius 2 is 0.591 bits per heavy atom. The first-order chi connectivity index (χ1) is 32.5. The van der Waals surface area contributed by atoms with Crippen molar-refractivity contribution in [1.29, 1.82) is 0 Å². The van der Waals surface area contributed by atoms with Gasteiger partial charge in [-0.2, -0.15) is 0 Å². The molecule has 0 aliphatic rings. The second-order valence-electron chi connectivity index (χ2n) is 18.8. The molecule has 0 saturated carbocycles. The first kappa shape index (κ1) is 63.1. The summed E-state index contributed by atoms with van der Waals surface area (Å²) in [4.78, 5) is 38.1. The Morgan fingerprint density at radius 3 is 0.939 bits per heavy atom. The number of hydrogen-bond donors (Lipinski definition) is 0. The molecule has 0 unspecified atom stereocenters. The van der Waals surface area contributed by atoms with Crippen LogP contribution in [0, 0.1) is 0 Å². The first-order valence-corrected chi connectivity index (χ1v) is 28.3. The van der Waals surface area contributed by atoms with Gasteiger partial charge in [-0.25, -0.2) is 0 Å². The minimum atomic E-state index is -0.788. The zero-order valence-corrected chi connectivity index (χ0v) is 43.7. The van der Waals surface area contributed by atoms with Gasteiger partial charge in [0, 0.05) is 19.3 Å². The minimum Gasteiger partial charge on any atom is -0.462 e. The molecule has 0 aliphatic heterocycles. The van der Waals surface area contributed by atoms with Gasteiger partial charge in [-0.1, -0.05) is 223 Å². The summed E-state index contributed by atoms with van der Waals surface area (Å²) < 4.78 is 16.8. The molecule has 6 nitrogen and oxygen atoms in total. The number of allylic oxidation sites excluding steroid dienone is 10. The third kappa shape index (κ3) is 52.1. The van der Waals surface area contributed by atoms with Crippen LogP contribution in [0.5, 0.6) is 0 Å². The van der Waals surface area contributed by atoms with E-state index >= 15 is 0 Å². The molecular weight excluding hydrogens is 817 g/mol. The molecule has 1 atom stereocenters. The van der Waals surface area contributed by atoms with E-state index in [0.29, 0.717) is 19.3 Å². The molecule has 0 N–H and O–H groups in total. The van der Waals surface area contributed by atoms with Crippen molar-refractivity contribution in [2.75, 3.05) is 13.2 Å². The predicted molar refractivity (Wildman–Crippen MR) is 284 cm³/mol. The maximum absolute atomic E-state index is 12.8. The van der Waals surface area contributed by atoms with E-state index in [1.807, 2.05) is 0 Å². The molecule has 0 saturated heterocycles. The Kier molecular flexibility index (Phi) is 52.3. The first-order valence-electron chi connectivity index (χ1n) is 28.3. The van der Waals surface area contributed by atoms with E-state index in [4.69, 9.17) is 14.2 Å². The Balaban J connectivity index is 4.38. The quantitative estimate of drug-likeness (QED) is 0.0262. The second kappa shape index (κ2) is 54.7. The molecule has 0 aromatic rings. The lowest BCUT2D eigenvalue weighted by Crippen LogP contribution is -2.30. The van der Waals surface area contributed by atoms with E-state index in [-0.39, 0.29) is 31.1 Å². The van der Waals surface area contributed by atoms with Crippen LogP contribution in [0.2, 0.25) is 0 Å². The highest BCUT2D eigenvalue weighted by molar-refractivity contribution is 5.71. The van der Waals surface area contributed by atoms with Crippen LogP contribution in [0.15, 0.2) is 60.8 Å². The van der Waals surface area contributed by atoms with Crippen molar-refractivity contribution < 1.29 is 28.6 Å². The monoisotopic (exact) mass is 923 g/mol. The lowest BCUT2D eigenvalue weighted by atomic mass is 10.1. The topological polar surface area (TPSA) is 78.9 Å². The summed E-state index contributed by atoms with van der Waals surface area (Å²) in [6.07, 6.45) is 67.8. The largest absolute Gasteiger partial charge is 0.462 e. The van der Waals surface area contributed by atoms with Crippen LogP contribution in [0.1, 0.15) is 284 Å². The molecule has 6 heteroatoms. The lowest BCUT2D eigenvalue weighted by molar-refractivity contribution is -0.167. The van der Waals surface area contributed by atoms with Gasteiger partial charge in [0.25, 0.3) is 0 Å². The molecular formula is C60H106O6. The van der Waals surface area contributed by atoms with Gasteiger partial charge < -0.3 is 14.2 Å². The standard InChI is InChI=1S/C60H106O6/c1-4-7-10-13-16-19-22-25-28-29-30-31-33-35-38-41-44-47-50-53-59(62)65-56-57(55-64-58(61)52-49-46-43-40-37-34-27-24-21-18-15-12-9-6-3)66-60(63)54-51-48-45-42-39-36-32-26-23-20-17-14-11-8-5-2/h8,11,17,20,24,26-27,29-30,32,57H,4-7,9-10,12-16,18-19,21-23,25,28,31,33-56H2,1-3H3/b11-8-,20-17-,27-24-,30-29-,32-26-/t57-/m1/s1. The molecule has 66 heavy (non-hydrogen) atoms. The van der Waals surface area contributed by atoms with Crippen LogP contribution in [0.25, 0.3) is 0 Å². The molecule has 0 aromatic heterocycles. The number of esters is 3. The van der Waals surface area contributed by atoms with Crippen LogP contribution < -0.4 is 0 Å². The van der Waals surface area contributed by atoms with Gasteiger partial charge in [0.2, 0.25) is 0 Å². The Hall–Kier alpha value is -2.89. The summed E-state index contributed by atoms with van der Waals surface area (Å²) in [5.74, 6) is -0.906. The molecule has 382 valence electrons. The van der Waals surface area contributed by atoms with Crippen LogP contribution >= 0.6 is 0 Å². The molecule has 0 bridgehead atoms. The lowest BCUT2D eigenvalue weighted by Gasteiger charge is -2.18. The van der Waals surface area contributed by atoms with Gasteiger partial charge in [0.1, 0.15) is 13.2 Å². The fraction of sp³-hybridized carbons (Fsp3) is 0.783. The average molecular weight is 924 g/mol. The van der Waals surface area contributed by atoms with Gasteiger partial charge >= 0.3 is 17.9 Å². The summed E-state index contributed by atoms with van der Waals surface area (Å²) in [5, 5.41) is 0. The van der Waals surface area contributed by atoms with Gasteiger partial charge in [0.05, 0.1) is 0 Å². The van der Waals surface area contributed by atoms with Gasteiger partial charge in [-0.15, -0.1) is 0 Å². The molecule has 0 fully saturated rings. The van der Waals surface area contributed by atoms with Gasteiger partial charge in [-0.3, -0.25) is 14.4 Å². The van der Waals surface area contributed by atoms with Crippen molar-refractivity contribution in [2.45, 2.75) is 290 Å². The summed E-state index contributed by atoms with van der Waals surface area (Å²) in [6.45, 7) is 6.51. The van der Waals surface area contributed by atoms with E-state index in [0.717, 1.165) is 103 Å². The Morgan fingerprint density at radius 1 is 0.318 bits per heavy atom. The van der Waals surface area contributed by atoms with Crippen LogP contribution in [-0.4, -0.2) is 37.2 Å². The highest BCUT2D eigenvalue weighted by Gasteiger charge is 2.19. The Bertz CT molecular complexity index is 1200. The van der Waals surface area contributed by atoms with E-state index in [9.17, 15) is 14.4 Å². The minimum absolute atomic E-state index is 0.0854. The van der Waals surface area contributed by atoms with E-state index in [1.54, 1.807) is 0 Å². The maximum Gasteiger partial charge on any atom is 0.306 e. The average Bonchev–Trinajstić information content (AvgIpc) is 3.31. The van der Waals surface area contributed by atoms with E-state index in [2.05, 4.69) is 81.5 Å². The van der Waals surface area contributed by atoms with Gasteiger partial charge in [-0.05, 0) is 103 Å². The molecule has 0 heterocycles. The number of rotatable bonds is 51. The van der Waals surface area contributed by atoms with E-state index < -0.39 is 6.10 Å². The molecule has 0 spiro atoms. The third-order valence-corrected chi connectivity index (χ3v) is 12.2. The van der Waals surface area contributed by atoms with Crippen LogP contribution in [0.4, 0.5) is 0 Å². The van der Waals surface area contributed by atoms with Gasteiger partial charge in [0.15, 0.2) is 6.10 Å². The highest BCUT2D eigenvalue weighted by atomic mass is 16.6. The molecule has 0 radical (unpaired) electrons. The van der Waals surface area contributed by atoms with Crippen molar-refractivity contribution in [1.82, 2.24) is 0 Å². The number of carbonyl (C=O) groups excluding carboxylic acids is 3. The molecule has 0 amide bonds. The fourth-order valence-corrected chi connectivity index (χ4v) is 7.98. The predicted octanol–water partition coefficient (Wildman–Crippen LogP) is 18.8. The zero-order valence-electron chi connectivity index (χ0n) is 43.7. The van der Waals surface area contributed by atoms with Crippen LogP contribution in [-0.2, 0) is 28.6 Å². The zero-order chi connectivity index (χ0) is 47.9. The smallest absolute Gasteiger partial charge is 0.306 e. The van der Waals surface area contributed by atoms with Crippen molar-refractivity contribution in [3.05, 3.63) is 60.8 Å². The van der Waals surface area contributed by atoms with Crippen molar-refractivity contribution in [2.24, 2.45) is 0 Å². The Labute approximate surface area is 409 Å². The molecule has 0 rings (SSSR count). The molecule has 0 aliphatic carbocycles. The van der Waals surface area contributed by atoms with E-state index in [1.165, 1.54) is 141 Å². The number of unbranched alkanes of at least 4 members (excludes halogenated alkanes) is 30. The maximum atomic E-state index is 12.8.